The van der Waals surface area contributed by atoms with Crippen LogP contribution in [0.2, 0.25) is 10.0 Å². The average molecular weight is 289 g/mol. The van der Waals surface area contributed by atoms with Crippen LogP contribution >= 0.6 is 23.2 Å². The number of benzene rings is 1. The zero-order valence-corrected chi connectivity index (χ0v) is 12.4. The first-order chi connectivity index (χ1) is 8.42. The maximum absolute atomic E-state index is 12.1. The van der Waals surface area contributed by atoms with Crippen LogP contribution < -0.4 is 4.74 Å². The van der Waals surface area contributed by atoms with E-state index in [1.807, 2.05) is 20.8 Å². The monoisotopic (exact) mass is 288 g/mol. The number of ketones is 1. The number of rotatable bonds is 6. The zero-order valence-electron chi connectivity index (χ0n) is 10.9. The summed E-state index contributed by atoms with van der Waals surface area (Å²) in [6.45, 7) is 6.02. The molecule has 1 rings (SSSR count). The fraction of sp³-hybridized carbons (Fsp3) is 0.500. The minimum absolute atomic E-state index is 0.0412. The Morgan fingerprint density at radius 1 is 1.28 bits per heavy atom. The first-order valence-corrected chi connectivity index (χ1v) is 6.79. The molecule has 0 aliphatic heterocycles. The number of hydrogen-bond acceptors (Lipinski definition) is 2. The van der Waals surface area contributed by atoms with E-state index in [0.717, 1.165) is 12.8 Å². The second-order valence-corrected chi connectivity index (χ2v) is 5.40. The highest BCUT2D eigenvalue weighted by molar-refractivity contribution is 6.35. The van der Waals surface area contributed by atoms with Gasteiger partial charge in [-0.25, -0.2) is 0 Å². The van der Waals surface area contributed by atoms with E-state index in [1.165, 1.54) is 0 Å². The van der Waals surface area contributed by atoms with E-state index in [9.17, 15) is 4.79 Å². The molecule has 0 heterocycles. The van der Waals surface area contributed by atoms with Crippen LogP contribution in [-0.2, 0) is 4.79 Å². The molecule has 4 heteroatoms. The summed E-state index contributed by atoms with van der Waals surface area (Å²) in [5.74, 6) is 0.586. The van der Waals surface area contributed by atoms with Gasteiger partial charge < -0.3 is 4.74 Å². The van der Waals surface area contributed by atoms with Crippen LogP contribution in [0.15, 0.2) is 18.2 Å². The molecule has 0 unspecified atom stereocenters. The van der Waals surface area contributed by atoms with Crippen LogP contribution in [0.5, 0.6) is 5.75 Å². The number of hydrogen-bond donors (Lipinski definition) is 0. The molecule has 0 atom stereocenters. The normalized spacial score (nSPS) is 11.4. The Morgan fingerprint density at radius 3 is 2.39 bits per heavy atom. The SMILES string of the molecule is CCC(C)(CC)C(=O)COc1ccc(Cl)cc1Cl. The summed E-state index contributed by atoms with van der Waals surface area (Å²) in [5, 5.41) is 0.968. The van der Waals surface area contributed by atoms with Gasteiger partial charge in [0.15, 0.2) is 5.78 Å². The second kappa shape index (κ2) is 6.44. The molecule has 0 bridgehead atoms. The smallest absolute Gasteiger partial charge is 0.176 e. The van der Waals surface area contributed by atoms with Crippen molar-refractivity contribution in [2.75, 3.05) is 6.61 Å². The minimum Gasteiger partial charge on any atom is -0.484 e. The van der Waals surface area contributed by atoms with Crippen LogP contribution in [-0.4, -0.2) is 12.4 Å². The molecule has 0 aliphatic rings. The van der Waals surface area contributed by atoms with Gasteiger partial charge in [-0.2, -0.15) is 0 Å². The number of Topliss-reactive ketones (excluding diaryl/α,β-unsaturated/α-hetero) is 1. The lowest BCUT2D eigenvalue weighted by Crippen LogP contribution is -2.31. The van der Waals surface area contributed by atoms with E-state index < -0.39 is 0 Å². The molecule has 100 valence electrons. The first kappa shape index (κ1) is 15.3. The van der Waals surface area contributed by atoms with Gasteiger partial charge in [0.1, 0.15) is 12.4 Å². The molecule has 0 aromatic heterocycles. The Morgan fingerprint density at radius 2 is 1.89 bits per heavy atom. The van der Waals surface area contributed by atoms with Crippen molar-refractivity contribution in [1.29, 1.82) is 0 Å². The summed E-state index contributed by atoms with van der Waals surface area (Å²) in [7, 11) is 0. The Labute approximate surface area is 118 Å². The lowest BCUT2D eigenvalue weighted by molar-refractivity contribution is -0.130. The van der Waals surface area contributed by atoms with Crippen LogP contribution in [0.25, 0.3) is 0 Å². The lowest BCUT2D eigenvalue weighted by Gasteiger charge is -2.24. The molecule has 0 N–H and O–H groups in total. The van der Waals surface area contributed by atoms with Gasteiger partial charge in [-0.1, -0.05) is 44.0 Å². The minimum atomic E-state index is -0.321. The van der Waals surface area contributed by atoms with E-state index >= 15 is 0 Å². The van der Waals surface area contributed by atoms with Gasteiger partial charge in [-0.3, -0.25) is 4.79 Å². The van der Waals surface area contributed by atoms with Crippen LogP contribution in [0.4, 0.5) is 0 Å². The van der Waals surface area contributed by atoms with Gasteiger partial charge in [0.05, 0.1) is 5.02 Å². The molecule has 2 nitrogen and oxygen atoms in total. The van der Waals surface area contributed by atoms with Crippen molar-refractivity contribution in [2.45, 2.75) is 33.6 Å². The summed E-state index contributed by atoms with van der Waals surface area (Å²) in [6.07, 6.45) is 1.61. The molecular formula is C14H18Cl2O2. The molecule has 0 amide bonds. The van der Waals surface area contributed by atoms with E-state index in [0.29, 0.717) is 15.8 Å². The van der Waals surface area contributed by atoms with E-state index in [4.69, 9.17) is 27.9 Å². The third kappa shape index (κ3) is 3.63. The number of carbonyl (C=O) groups is 1. The number of ether oxygens (including phenoxy) is 1. The highest BCUT2D eigenvalue weighted by atomic mass is 35.5. The maximum Gasteiger partial charge on any atom is 0.176 e. The quantitative estimate of drug-likeness (QED) is 0.754. The van der Waals surface area contributed by atoms with E-state index in [1.54, 1.807) is 18.2 Å². The molecule has 18 heavy (non-hydrogen) atoms. The topological polar surface area (TPSA) is 26.3 Å². The van der Waals surface area contributed by atoms with Crippen molar-refractivity contribution in [3.05, 3.63) is 28.2 Å². The third-order valence-corrected chi connectivity index (χ3v) is 4.02. The van der Waals surface area contributed by atoms with Crippen molar-refractivity contribution in [3.8, 4) is 5.75 Å². The highest BCUT2D eigenvalue weighted by Gasteiger charge is 2.29. The van der Waals surface area contributed by atoms with E-state index in [-0.39, 0.29) is 17.8 Å². The summed E-state index contributed by atoms with van der Waals surface area (Å²) >= 11 is 11.8. The molecule has 0 saturated heterocycles. The van der Waals surface area contributed by atoms with Crippen LogP contribution in [0.3, 0.4) is 0 Å². The van der Waals surface area contributed by atoms with Crippen LogP contribution in [0.1, 0.15) is 33.6 Å². The van der Waals surface area contributed by atoms with Crippen LogP contribution in [0, 0.1) is 5.41 Å². The first-order valence-electron chi connectivity index (χ1n) is 6.04. The van der Waals surface area contributed by atoms with Gasteiger partial charge >= 0.3 is 0 Å². The molecule has 0 spiro atoms. The van der Waals surface area contributed by atoms with Crippen molar-refractivity contribution in [2.24, 2.45) is 5.41 Å². The Bertz CT molecular complexity index is 426. The summed E-state index contributed by atoms with van der Waals surface area (Å²) < 4.78 is 5.46. The highest BCUT2D eigenvalue weighted by Crippen LogP contribution is 2.30. The fourth-order valence-electron chi connectivity index (χ4n) is 1.55. The Balaban J connectivity index is 2.68. The average Bonchev–Trinajstić information content (AvgIpc) is 2.36. The molecule has 0 radical (unpaired) electrons. The summed E-state index contributed by atoms with van der Waals surface area (Å²) in [6, 6.07) is 4.96. The third-order valence-electron chi connectivity index (χ3n) is 3.49. The predicted octanol–water partition coefficient (Wildman–Crippen LogP) is 4.77. The Hall–Kier alpha value is -0.730. The van der Waals surface area contributed by atoms with Gasteiger partial charge in [0.2, 0.25) is 0 Å². The molecule has 1 aromatic rings. The molecule has 1 aromatic carbocycles. The standard InChI is InChI=1S/C14H18Cl2O2/c1-4-14(3,5-2)13(17)9-18-12-7-6-10(15)8-11(12)16/h6-8H,4-5,9H2,1-3H3. The van der Waals surface area contributed by atoms with Crippen molar-refractivity contribution < 1.29 is 9.53 Å². The molecule has 0 aliphatic carbocycles. The largest absolute Gasteiger partial charge is 0.484 e. The molecule has 0 fully saturated rings. The summed E-state index contributed by atoms with van der Waals surface area (Å²) in [4.78, 5) is 12.1. The summed E-state index contributed by atoms with van der Waals surface area (Å²) in [5.41, 5.74) is -0.321. The van der Waals surface area contributed by atoms with E-state index in [2.05, 4.69) is 0 Å². The van der Waals surface area contributed by atoms with Gasteiger partial charge in [0, 0.05) is 10.4 Å². The number of carbonyl (C=O) groups excluding carboxylic acids is 1. The Kier molecular flexibility index (Phi) is 5.48. The van der Waals surface area contributed by atoms with Gasteiger partial charge in [-0.05, 0) is 31.0 Å². The fourth-order valence-corrected chi connectivity index (χ4v) is 2.02. The van der Waals surface area contributed by atoms with Crippen molar-refractivity contribution in [3.63, 3.8) is 0 Å². The molecule has 0 saturated carbocycles. The van der Waals surface area contributed by atoms with Gasteiger partial charge in [-0.15, -0.1) is 0 Å². The lowest BCUT2D eigenvalue weighted by atomic mass is 9.81. The predicted molar refractivity (Wildman–Crippen MR) is 75.7 cm³/mol. The molecular weight excluding hydrogens is 271 g/mol. The van der Waals surface area contributed by atoms with Gasteiger partial charge in [0.25, 0.3) is 0 Å². The van der Waals surface area contributed by atoms with Crippen molar-refractivity contribution in [1.82, 2.24) is 0 Å². The number of halogens is 2. The zero-order chi connectivity index (χ0) is 13.8. The van der Waals surface area contributed by atoms with Crippen molar-refractivity contribution >= 4 is 29.0 Å². The second-order valence-electron chi connectivity index (χ2n) is 4.55. The maximum atomic E-state index is 12.1.